The quantitative estimate of drug-likeness (QED) is 0.710. The van der Waals surface area contributed by atoms with E-state index in [4.69, 9.17) is 0 Å². The van der Waals surface area contributed by atoms with Gasteiger partial charge in [0.2, 0.25) is 5.13 Å². The molecule has 116 valence electrons. The first-order valence-electron chi connectivity index (χ1n) is 6.40. The number of nitrogens with zero attached hydrogens (tertiary/aromatic N) is 2. The molecule has 0 aliphatic carbocycles. The number of benzene rings is 2. The smallest absolute Gasteiger partial charge is 0.258 e. The number of carbonyl (C=O) groups excluding carboxylic acids is 1. The number of anilines is 1. The molecule has 2 aromatic carbocycles. The van der Waals surface area contributed by atoms with Crippen molar-refractivity contribution in [1.29, 1.82) is 0 Å². The second-order valence-corrected chi connectivity index (χ2v) is 6.06. The third-order valence-corrected chi connectivity index (χ3v) is 4.27. The first-order chi connectivity index (χ1) is 11.1. The van der Waals surface area contributed by atoms with E-state index in [2.05, 4.69) is 30.6 Å². The molecule has 0 radical (unpaired) electrons. The zero-order valence-electron chi connectivity index (χ0n) is 11.4. The van der Waals surface area contributed by atoms with E-state index >= 15 is 0 Å². The van der Waals surface area contributed by atoms with Gasteiger partial charge in [0.15, 0.2) is 5.82 Å². The summed E-state index contributed by atoms with van der Waals surface area (Å²) in [7, 11) is 0. The van der Waals surface area contributed by atoms with Gasteiger partial charge in [-0.15, -0.1) is 0 Å². The average molecular weight is 396 g/mol. The minimum absolute atomic E-state index is 0.104. The highest BCUT2D eigenvalue weighted by atomic mass is 79.9. The summed E-state index contributed by atoms with van der Waals surface area (Å²) in [6.45, 7) is 0. The average Bonchev–Trinajstić information content (AvgIpc) is 2.95. The summed E-state index contributed by atoms with van der Waals surface area (Å²) >= 11 is 4.13. The molecule has 0 saturated carbocycles. The highest BCUT2D eigenvalue weighted by Crippen LogP contribution is 2.27. The van der Waals surface area contributed by atoms with Gasteiger partial charge in [-0.25, -0.2) is 8.78 Å². The van der Waals surface area contributed by atoms with Crippen molar-refractivity contribution in [2.75, 3.05) is 5.32 Å². The summed E-state index contributed by atoms with van der Waals surface area (Å²) in [6, 6.07) is 10.4. The predicted molar refractivity (Wildman–Crippen MR) is 87.4 cm³/mol. The molecule has 1 amide bonds. The van der Waals surface area contributed by atoms with Gasteiger partial charge in [0.1, 0.15) is 11.6 Å². The van der Waals surface area contributed by atoms with Gasteiger partial charge in [-0.1, -0.05) is 18.2 Å². The van der Waals surface area contributed by atoms with Gasteiger partial charge in [-0.2, -0.15) is 9.36 Å². The molecule has 8 heteroatoms. The molecule has 3 aromatic rings. The Labute approximate surface area is 142 Å². The number of amides is 1. The molecule has 23 heavy (non-hydrogen) atoms. The molecule has 0 aliphatic heterocycles. The molecule has 3 rings (SSSR count). The number of halogens is 3. The van der Waals surface area contributed by atoms with E-state index in [1.165, 1.54) is 6.07 Å². The van der Waals surface area contributed by atoms with Crippen LogP contribution >= 0.6 is 27.5 Å². The number of aromatic nitrogens is 2. The Morgan fingerprint density at radius 1 is 1.09 bits per heavy atom. The lowest BCUT2D eigenvalue weighted by Gasteiger charge is -2.03. The largest absolute Gasteiger partial charge is 0.297 e. The van der Waals surface area contributed by atoms with Crippen molar-refractivity contribution in [3.8, 4) is 11.4 Å². The van der Waals surface area contributed by atoms with Crippen molar-refractivity contribution < 1.29 is 13.6 Å². The molecule has 0 fully saturated rings. The molecular weight excluding hydrogens is 388 g/mol. The van der Waals surface area contributed by atoms with Crippen LogP contribution in [-0.4, -0.2) is 15.3 Å². The Morgan fingerprint density at radius 3 is 2.48 bits per heavy atom. The van der Waals surface area contributed by atoms with Crippen molar-refractivity contribution >= 4 is 38.5 Å². The Kier molecular flexibility index (Phi) is 4.44. The third-order valence-electron chi connectivity index (χ3n) is 2.95. The predicted octanol–water partition coefficient (Wildman–Crippen LogP) is 4.50. The van der Waals surface area contributed by atoms with Crippen LogP contribution in [0, 0.1) is 11.6 Å². The highest BCUT2D eigenvalue weighted by Gasteiger charge is 2.17. The molecule has 0 atom stereocenters. The van der Waals surface area contributed by atoms with E-state index in [1.807, 2.05) is 0 Å². The Bertz CT molecular complexity index is 864. The van der Waals surface area contributed by atoms with Crippen LogP contribution in [0.15, 0.2) is 46.9 Å². The summed E-state index contributed by atoms with van der Waals surface area (Å²) < 4.78 is 32.0. The Hall–Kier alpha value is -2.19. The first-order valence-corrected chi connectivity index (χ1v) is 7.97. The van der Waals surface area contributed by atoms with Gasteiger partial charge in [-0.05, 0) is 40.2 Å². The van der Waals surface area contributed by atoms with Crippen LogP contribution in [0.4, 0.5) is 13.9 Å². The van der Waals surface area contributed by atoms with Crippen LogP contribution in [0.25, 0.3) is 11.4 Å². The van der Waals surface area contributed by atoms with Crippen LogP contribution in [0.5, 0.6) is 0 Å². The fourth-order valence-corrected chi connectivity index (χ4v) is 2.93. The van der Waals surface area contributed by atoms with Crippen molar-refractivity contribution in [2.24, 2.45) is 0 Å². The van der Waals surface area contributed by atoms with Crippen LogP contribution in [0.3, 0.4) is 0 Å². The minimum atomic E-state index is -0.758. The molecule has 0 aliphatic rings. The zero-order chi connectivity index (χ0) is 16.4. The third kappa shape index (κ3) is 3.27. The first kappa shape index (κ1) is 15.7. The van der Waals surface area contributed by atoms with E-state index in [9.17, 15) is 13.6 Å². The fourth-order valence-electron chi connectivity index (χ4n) is 1.90. The summed E-state index contributed by atoms with van der Waals surface area (Å²) in [5.41, 5.74) is 0.103. The topological polar surface area (TPSA) is 54.9 Å². The summed E-state index contributed by atoms with van der Waals surface area (Å²) in [5, 5.41) is 2.72. The summed E-state index contributed by atoms with van der Waals surface area (Å²) in [6.07, 6.45) is 0. The van der Waals surface area contributed by atoms with E-state index in [1.54, 1.807) is 24.3 Å². The maximum atomic E-state index is 13.7. The second kappa shape index (κ2) is 6.51. The maximum Gasteiger partial charge on any atom is 0.258 e. The molecule has 0 bridgehead atoms. The molecule has 0 spiro atoms. The number of carbonyl (C=O) groups is 1. The number of hydrogen-bond donors (Lipinski definition) is 1. The van der Waals surface area contributed by atoms with E-state index in [0.29, 0.717) is 10.0 Å². The SMILES string of the molecule is O=C(Nc1nc(-c2c(F)cccc2F)ns1)c1ccccc1Br. The van der Waals surface area contributed by atoms with Gasteiger partial charge in [0.25, 0.3) is 5.91 Å². The molecular formula is C15H8BrF2N3OS. The van der Waals surface area contributed by atoms with Gasteiger partial charge in [0, 0.05) is 16.0 Å². The number of rotatable bonds is 3. The van der Waals surface area contributed by atoms with Crippen LogP contribution in [0.1, 0.15) is 10.4 Å². The van der Waals surface area contributed by atoms with Gasteiger partial charge < -0.3 is 0 Å². The summed E-state index contributed by atoms with van der Waals surface area (Å²) in [5.74, 6) is -2.01. The number of nitrogens with one attached hydrogen (secondary N) is 1. The highest BCUT2D eigenvalue weighted by molar-refractivity contribution is 9.10. The van der Waals surface area contributed by atoms with Crippen molar-refractivity contribution in [1.82, 2.24) is 9.36 Å². The standard InChI is InChI=1S/C15H8BrF2N3OS/c16-9-5-2-1-4-8(9)14(22)20-15-19-13(21-23-15)12-10(17)6-3-7-11(12)18/h1-7H,(H,19,20,21,22). The van der Waals surface area contributed by atoms with Crippen LogP contribution < -0.4 is 5.32 Å². The molecule has 0 saturated heterocycles. The Morgan fingerprint density at radius 2 is 1.78 bits per heavy atom. The molecule has 1 aromatic heterocycles. The monoisotopic (exact) mass is 395 g/mol. The molecule has 1 N–H and O–H groups in total. The van der Waals surface area contributed by atoms with Crippen LogP contribution in [-0.2, 0) is 0 Å². The fraction of sp³-hybridized carbons (Fsp3) is 0. The molecule has 0 unspecified atom stereocenters. The van der Waals surface area contributed by atoms with E-state index < -0.39 is 17.5 Å². The van der Waals surface area contributed by atoms with E-state index in [0.717, 1.165) is 23.7 Å². The lowest BCUT2D eigenvalue weighted by Crippen LogP contribution is -2.12. The van der Waals surface area contributed by atoms with Crippen molar-refractivity contribution in [3.63, 3.8) is 0 Å². The molecule has 4 nitrogen and oxygen atoms in total. The lowest BCUT2D eigenvalue weighted by molar-refractivity contribution is 0.102. The maximum absolute atomic E-state index is 13.7. The Balaban J connectivity index is 1.86. The van der Waals surface area contributed by atoms with Gasteiger partial charge in [-0.3, -0.25) is 10.1 Å². The minimum Gasteiger partial charge on any atom is -0.297 e. The second-order valence-electron chi connectivity index (χ2n) is 4.45. The van der Waals surface area contributed by atoms with Crippen molar-refractivity contribution in [3.05, 3.63) is 64.1 Å². The summed E-state index contributed by atoms with van der Waals surface area (Å²) in [4.78, 5) is 16.1. The van der Waals surface area contributed by atoms with E-state index in [-0.39, 0.29) is 16.5 Å². The number of hydrogen-bond acceptors (Lipinski definition) is 4. The zero-order valence-corrected chi connectivity index (χ0v) is 13.8. The van der Waals surface area contributed by atoms with Crippen molar-refractivity contribution in [2.45, 2.75) is 0 Å². The van der Waals surface area contributed by atoms with Gasteiger partial charge >= 0.3 is 0 Å². The van der Waals surface area contributed by atoms with Crippen LogP contribution in [0.2, 0.25) is 0 Å². The lowest BCUT2D eigenvalue weighted by atomic mass is 10.2. The van der Waals surface area contributed by atoms with Gasteiger partial charge in [0.05, 0.1) is 11.1 Å². The normalized spacial score (nSPS) is 10.6. The molecule has 1 heterocycles.